The first-order valence-electron chi connectivity index (χ1n) is 13.3. The molecule has 0 fully saturated rings. The van der Waals surface area contributed by atoms with Crippen molar-refractivity contribution in [1.82, 2.24) is 0 Å². The number of hydrogen-bond acceptors (Lipinski definition) is 7. The molecular weight excluding hydrogens is 424 g/mol. The zero-order valence-electron chi connectivity index (χ0n) is 21.6. The number of esters is 1. The van der Waals surface area contributed by atoms with E-state index >= 15 is 0 Å². The predicted molar refractivity (Wildman–Crippen MR) is 132 cm³/mol. The maximum absolute atomic E-state index is 10.8. The summed E-state index contributed by atoms with van der Waals surface area (Å²) in [5.41, 5.74) is 0. The second kappa shape index (κ2) is 29.3. The minimum absolute atomic E-state index is 0.0448. The van der Waals surface area contributed by atoms with E-state index < -0.39 is 0 Å². The summed E-state index contributed by atoms with van der Waals surface area (Å²) in [6.45, 7) is 7.20. The van der Waals surface area contributed by atoms with Crippen LogP contribution < -0.4 is 0 Å². The van der Waals surface area contributed by atoms with Crippen molar-refractivity contribution in [3.63, 3.8) is 0 Å². The molecule has 0 saturated heterocycles. The molecule has 7 nitrogen and oxygen atoms in total. The first-order valence-corrected chi connectivity index (χ1v) is 13.3. The molecule has 0 bridgehead atoms. The van der Waals surface area contributed by atoms with Gasteiger partial charge in [-0.3, -0.25) is 0 Å². The van der Waals surface area contributed by atoms with Gasteiger partial charge in [0, 0.05) is 6.61 Å². The normalized spacial score (nSPS) is 11.2. The Morgan fingerprint density at radius 3 is 1.18 bits per heavy atom. The summed E-state index contributed by atoms with van der Waals surface area (Å²) in [6, 6.07) is 0. The van der Waals surface area contributed by atoms with E-state index in [2.05, 4.69) is 11.7 Å². The molecule has 0 heterocycles. The van der Waals surface area contributed by atoms with Crippen molar-refractivity contribution in [3.05, 3.63) is 0 Å². The lowest BCUT2D eigenvalue weighted by atomic mass is 10.0. The molecule has 0 unspecified atom stereocenters. The highest BCUT2D eigenvalue weighted by Gasteiger charge is 1.99. The van der Waals surface area contributed by atoms with Crippen molar-refractivity contribution in [3.8, 4) is 0 Å². The monoisotopic (exact) mass is 476 g/mol. The van der Waals surface area contributed by atoms with Gasteiger partial charge in [-0.05, 0) is 6.42 Å². The molecule has 0 aliphatic carbocycles. The molecule has 0 aliphatic rings. The van der Waals surface area contributed by atoms with Crippen LogP contribution >= 0.6 is 0 Å². The van der Waals surface area contributed by atoms with Gasteiger partial charge in [0.05, 0.1) is 60.0 Å². The molecule has 0 spiro atoms. The molecule has 0 rings (SSSR count). The zero-order valence-corrected chi connectivity index (χ0v) is 21.6. The molecule has 198 valence electrons. The molecule has 0 aromatic rings. The molecule has 0 aromatic heterocycles. The van der Waals surface area contributed by atoms with Crippen molar-refractivity contribution in [2.24, 2.45) is 0 Å². The van der Waals surface area contributed by atoms with E-state index in [1.807, 2.05) is 0 Å². The summed E-state index contributed by atoms with van der Waals surface area (Å²) in [4.78, 5) is 10.8. The van der Waals surface area contributed by atoms with E-state index in [0.29, 0.717) is 52.9 Å². The second-order valence-corrected chi connectivity index (χ2v) is 8.32. The third kappa shape index (κ3) is 29.2. The maximum Gasteiger partial charge on any atom is 0.331 e. The summed E-state index contributed by atoms with van der Waals surface area (Å²) in [5, 5.41) is 0. The number of hydrogen-bond donors (Lipinski definition) is 0. The summed E-state index contributed by atoms with van der Waals surface area (Å²) in [5.74, 6) is -0.386. The van der Waals surface area contributed by atoms with Crippen LogP contribution in [0, 0.1) is 0 Å². The molecule has 33 heavy (non-hydrogen) atoms. The minimum Gasteiger partial charge on any atom is -0.467 e. The fourth-order valence-electron chi connectivity index (χ4n) is 3.32. The molecule has 0 atom stereocenters. The highest BCUT2D eigenvalue weighted by atomic mass is 16.6. The second-order valence-electron chi connectivity index (χ2n) is 8.32. The van der Waals surface area contributed by atoms with Gasteiger partial charge in [-0.25, -0.2) is 4.79 Å². The third-order valence-electron chi connectivity index (χ3n) is 5.33. The Labute approximate surface area is 203 Å². The van der Waals surface area contributed by atoms with Crippen LogP contribution in [0.1, 0.15) is 90.4 Å². The highest BCUT2D eigenvalue weighted by molar-refractivity contribution is 5.70. The van der Waals surface area contributed by atoms with Gasteiger partial charge in [-0.1, -0.05) is 84.0 Å². The zero-order chi connectivity index (χ0) is 24.1. The quantitative estimate of drug-likeness (QED) is 0.112. The van der Waals surface area contributed by atoms with Crippen molar-refractivity contribution < 1.29 is 33.2 Å². The maximum atomic E-state index is 10.8. The number of rotatable bonds is 28. The standard InChI is InChI=1S/C26H52O7/c1-3-4-5-6-7-8-9-10-11-12-13-14-15-16-29-17-18-30-19-20-31-21-22-32-23-24-33-25-26(27)28-2/h3-25H2,1-2H3. The van der Waals surface area contributed by atoms with Crippen molar-refractivity contribution in [2.45, 2.75) is 90.4 Å². The van der Waals surface area contributed by atoms with Gasteiger partial charge in [-0.2, -0.15) is 0 Å². The van der Waals surface area contributed by atoms with Crippen molar-refractivity contribution >= 4 is 5.97 Å². The lowest BCUT2D eigenvalue weighted by Gasteiger charge is -2.08. The first-order chi connectivity index (χ1) is 16.3. The minimum atomic E-state index is -0.386. The Kier molecular flexibility index (Phi) is 28.7. The molecular formula is C26H52O7. The average molecular weight is 477 g/mol. The molecule has 0 saturated carbocycles. The van der Waals surface area contributed by atoms with Crippen LogP contribution in [-0.4, -0.2) is 79.1 Å². The molecule has 0 radical (unpaired) electrons. The Morgan fingerprint density at radius 2 is 0.788 bits per heavy atom. The number of ether oxygens (including phenoxy) is 6. The first kappa shape index (κ1) is 32.3. The topological polar surface area (TPSA) is 72.5 Å². The Balaban J connectivity index is 3.02. The lowest BCUT2D eigenvalue weighted by molar-refractivity contribution is -0.146. The highest BCUT2D eigenvalue weighted by Crippen LogP contribution is 2.12. The predicted octanol–water partition coefficient (Wildman–Crippen LogP) is 5.33. The van der Waals surface area contributed by atoms with Gasteiger partial charge in [0.2, 0.25) is 0 Å². The number of carbonyl (C=O) groups excluding carboxylic acids is 1. The van der Waals surface area contributed by atoms with Gasteiger partial charge in [0.15, 0.2) is 0 Å². The molecule has 0 amide bonds. The Bertz CT molecular complexity index is 380. The number of methoxy groups -OCH3 is 1. The fraction of sp³-hybridized carbons (Fsp3) is 0.962. The van der Waals surface area contributed by atoms with Crippen LogP contribution in [0.25, 0.3) is 0 Å². The summed E-state index contributed by atoms with van der Waals surface area (Å²) in [6.07, 6.45) is 17.8. The average Bonchev–Trinajstić information content (AvgIpc) is 2.83. The van der Waals surface area contributed by atoms with Crippen LogP contribution in [0.15, 0.2) is 0 Å². The van der Waals surface area contributed by atoms with Gasteiger partial charge in [-0.15, -0.1) is 0 Å². The molecule has 0 aliphatic heterocycles. The lowest BCUT2D eigenvalue weighted by Crippen LogP contribution is -2.15. The fourth-order valence-corrected chi connectivity index (χ4v) is 3.32. The SMILES string of the molecule is CCCCCCCCCCCCCCCOCCOCCOCCOCCOCC(=O)OC. The van der Waals surface area contributed by atoms with E-state index in [4.69, 9.17) is 23.7 Å². The molecule has 7 heteroatoms. The van der Waals surface area contributed by atoms with Crippen LogP contribution in [0.3, 0.4) is 0 Å². The molecule has 0 aromatic carbocycles. The largest absolute Gasteiger partial charge is 0.467 e. The summed E-state index contributed by atoms with van der Waals surface area (Å²) in [7, 11) is 1.33. The van der Waals surface area contributed by atoms with Gasteiger partial charge in [0.1, 0.15) is 6.61 Å². The van der Waals surface area contributed by atoms with Crippen molar-refractivity contribution in [2.75, 3.05) is 73.2 Å². The van der Waals surface area contributed by atoms with Gasteiger partial charge >= 0.3 is 5.97 Å². The van der Waals surface area contributed by atoms with Crippen LogP contribution in [0.2, 0.25) is 0 Å². The van der Waals surface area contributed by atoms with E-state index in [9.17, 15) is 4.79 Å². The van der Waals surface area contributed by atoms with Crippen LogP contribution in [0.5, 0.6) is 0 Å². The van der Waals surface area contributed by atoms with Crippen molar-refractivity contribution in [1.29, 1.82) is 0 Å². The van der Waals surface area contributed by atoms with E-state index in [1.165, 1.54) is 84.2 Å². The van der Waals surface area contributed by atoms with E-state index in [-0.39, 0.29) is 12.6 Å². The smallest absolute Gasteiger partial charge is 0.331 e. The summed E-state index contributed by atoms with van der Waals surface area (Å²) < 4.78 is 31.4. The number of unbranched alkanes of at least 4 members (excludes halogenated alkanes) is 12. The van der Waals surface area contributed by atoms with Crippen LogP contribution in [0.4, 0.5) is 0 Å². The van der Waals surface area contributed by atoms with Gasteiger partial charge < -0.3 is 28.4 Å². The van der Waals surface area contributed by atoms with E-state index in [0.717, 1.165) is 13.0 Å². The third-order valence-corrected chi connectivity index (χ3v) is 5.33. The van der Waals surface area contributed by atoms with Crippen LogP contribution in [-0.2, 0) is 33.2 Å². The number of carbonyl (C=O) groups is 1. The van der Waals surface area contributed by atoms with Gasteiger partial charge in [0.25, 0.3) is 0 Å². The Morgan fingerprint density at radius 1 is 0.455 bits per heavy atom. The summed E-state index contributed by atoms with van der Waals surface area (Å²) >= 11 is 0. The van der Waals surface area contributed by atoms with E-state index in [1.54, 1.807) is 0 Å². The molecule has 0 N–H and O–H groups in total. The Hall–Kier alpha value is -0.730.